The van der Waals surface area contributed by atoms with Crippen LogP contribution in [0.25, 0.3) is 0 Å². The fourth-order valence-electron chi connectivity index (χ4n) is 1.82. The predicted octanol–water partition coefficient (Wildman–Crippen LogP) is 1.44. The number of benzene rings is 1. The van der Waals surface area contributed by atoms with Gasteiger partial charge in [0.25, 0.3) is 0 Å². The van der Waals surface area contributed by atoms with E-state index in [9.17, 15) is 0 Å². The number of rotatable bonds is 2. The van der Waals surface area contributed by atoms with Gasteiger partial charge in [0.2, 0.25) is 0 Å². The minimum absolute atomic E-state index is 0.878. The van der Waals surface area contributed by atoms with Gasteiger partial charge in [-0.3, -0.25) is 4.90 Å². The van der Waals surface area contributed by atoms with Gasteiger partial charge in [-0.2, -0.15) is 0 Å². The highest BCUT2D eigenvalue weighted by atomic mass is 79.9. The molecule has 0 saturated carbocycles. The van der Waals surface area contributed by atoms with E-state index in [1.165, 1.54) is 5.56 Å². The number of hydrogen-bond donors (Lipinski definition) is 2. The molecule has 0 aliphatic carbocycles. The maximum absolute atomic E-state index is 5.97. The van der Waals surface area contributed by atoms with Crippen LogP contribution >= 0.6 is 15.9 Å². The predicted molar refractivity (Wildman–Crippen MR) is 66.7 cm³/mol. The molecule has 1 aromatic rings. The van der Waals surface area contributed by atoms with Gasteiger partial charge in [-0.25, -0.2) is 0 Å². The fourth-order valence-corrected chi connectivity index (χ4v) is 2.20. The number of anilines is 1. The number of nitrogens with two attached hydrogens (primary N) is 1. The van der Waals surface area contributed by atoms with Gasteiger partial charge in [0.05, 0.1) is 0 Å². The molecular weight excluding hydrogens is 254 g/mol. The second-order valence-corrected chi connectivity index (χ2v) is 4.78. The summed E-state index contributed by atoms with van der Waals surface area (Å²) in [4.78, 5) is 2.43. The van der Waals surface area contributed by atoms with E-state index in [-0.39, 0.29) is 0 Å². The van der Waals surface area contributed by atoms with Crippen LogP contribution in [0.4, 0.5) is 5.69 Å². The van der Waals surface area contributed by atoms with Crippen molar-refractivity contribution >= 4 is 21.6 Å². The molecule has 3 N–H and O–H groups in total. The van der Waals surface area contributed by atoms with E-state index in [0.29, 0.717) is 0 Å². The van der Waals surface area contributed by atoms with E-state index in [1.807, 2.05) is 12.1 Å². The molecule has 1 aliphatic rings. The molecule has 0 atom stereocenters. The number of nitrogens with one attached hydrogen (secondary N) is 1. The normalized spacial score (nSPS) is 17.9. The molecule has 82 valence electrons. The first-order valence-corrected chi connectivity index (χ1v) is 6.02. The summed E-state index contributed by atoms with van der Waals surface area (Å²) in [6.07, 6.45) is 0. The van der Waals surface area contributed by atoms with Crippen LogP contribution < -0.4 is 11.1 Å². The van der Waals surface area contributed by atoms with Crippen LogP contribution in [0.2, 0.25) is 0 Å². The lowest BCUT2D eigenvalue weighted by molar-refractivity contribution is 0.233. The van der Waals surface area contributed by atoms with Gasteiger partial charge in [-0.05, 0) is 17.7 Å². The highest BCUT2D eigenvalue weighted by Crippen LogP contribution is 2.20. The van der Waals surface area contributed by atoms with Crippen molar-refractivity contribution in [3.05, 3.63) is 28.2 Å². The highest BCUT2D eigenvalue weighted by Gasteiger charge is 2.11. The molecule has 1 aromatic carbocycles. The first-order chi connectivity index (χ1) is 7.25. The third-order valence-corrected chi connectivity index (χ3v) is 3.20. The molecule has 0 amide bonds. The van der Waals surface area contributed by atoms with Crippen LogP contribution in [0.15, 0.2) is 22.7 Å². The Morgan fingerprint density at radius 3 is 2.73 bits per heavy atom. The van der Waals surface area contributed by atoms with Gasteiger partial charge in [0, 0.05) is 42.9 Å². The molecule has 1 aliphatic heterocycles. The van der Waals surface area contributed by atoms with Crippen LogP contribution in [0.1, 0.15) is 5.56 Å². The minimum atomic E-state index is 0.878. The van der Waals surface area contributed by atoms with Gasteiger partial charge >= 0.3 is 0 Å². The zero-order chi connectivity index (χ0) is 10.7. The average molecular weight is 270 g/mol. The molecule has 1 saturated heterocycles. The summed E-state index contributed by atoms with van der Waals surface area (Å²) in [5.41, 5.74) is 8.07. The first kappa shape index (κ1) is 10.9. The topological polar surface area (TPSA) is 41.3 Å². The average Bonchev–Trinajstić information content (AvgIpc) is 2.24. The Morgan fingerprint density at radius 1 is 1.33 bits per heavy atom. The molecule has 1 heterocycles. The zero-order valence-electron chi connectivity index (χ0n) is 8.67. The summed E-state index contributed by atoms with van der Waals surface area (Å²) >= 11 is 3.42. The SMILES string of the molecule is Nc1cc(Br)ccc1CN1CCNCC1. The van der Waals surface area contributed by atoms with Crippen molar-refractivity contribution in [2.75, 3.05) is 31.9 Å². The minimum Gasteiger partial charge on any atom is -0.398 e. The van der Waals surface area contributed by atoms with Crippen molar-refractivity contribution in [3.8, 4) is 0 Å². The first-order valence-electron chi connectivity index (χ1n) is 5.23. The van der Waals surface area contributed by atoms with Crippen LogP contribution in [0.5, 0.6) is 0 Å². The van der Waals surface area contributed by atoms with Crippen molar-refractivity contribution in [2.45, 2.75) is 6.54 Å². The molecular formula is C11H16BrN3. The Kier molecular flexibility index (Phi) is 3.61. The molecule has 2 rings (SSSR count). The number of nitrogens with zero attached hydrogens (tertiary/aromatic N) is 1. The number of piperazine rings is 1. The molecule has 0 aromatic heterocycles. The molecule has 3 nitrogen and oxygen atoms in total. The number of hydrogen-bond acceptors (Lipinski definition) is 3. The van der Waals surface area contributed by atoms with E-state index in [4.69, 9.17) is 5.73 Å². The van der Waals surface area contributed by atoms with Crippen molar-refractivity contribution in [2.24, 2.45) is 0 Å². The Labute approximate surface area is 98.8 Å². The standard InChI is InChI=1S/C11H16BrN3/c12-10-2-1-9(11(13)7-10)8-15-5-3-14-4-6-15/h1-2,7,14H,3-6,8,13H2. The summed E-state index contributed by atoms with van der Waals surface area (Å²) in [7, 11) is 0. The molecule has 1 fully saturated rings. The lowest BCUT2D eigenvalue weighted by Gasteiger charge is -2.27. The van der Waals surface area contributed by atoms with Crippen molar-refractivity contribution in [1.82, 2.24) is 10.2 Å². The van der Waals surface area contributed by atoms with Gasteiger partial charge in [0.15, 0.2) is 0 Å². The third kappa shape index (κ3) is 2.93. The molecule has 0 bridgehead atoms. The summed E-state index contributed by atoms with van der Waals surface area (Å²) in [5.74, 6) is 0. The number of halogens is 1. The molecule has 4 heteroatoms. The van der Waals surface area contributed by atoms with E-state index in [2.05, 4.69) is 32.2 Å². The molecule has 0 unspecified atom stereocenters. The lowest BCUT2D eigenvalue weighted by atomic mass is 10.1. The van der Waals surface area contributed by atoms with Crippen LogP contribution in [-0.4, -0.2) is 31.1 Å². The van der Waals surface area contributed by atoms with Gasteiger partial charge < -0.3 is 11.1 Å². The van der Waals surface area contributed by atoms with E-state index in [1.54, 1.807) is 0 Å². The maximum Gasteiger partial charge on any atom is 0.0371 e. The third-order valence-electron chi connectivity index (χ3n) is 2.71. The Morgan fingerprint density at radius 2 is 2.07 bits per heavy atom. The Hall–Kier alpha value is -0.580. The van der Waals surface area contributed by atoms with Crippen molar-refractivity contribution in [1.29, 1.82) is 0 Å². The van der Waals surface area contributed by atoms with Gasteiger partial charge in [0.1, 0.15) is 0 Å². The van der Waals surface area contributed by atoms with E-state index in [0.717, 1.165) is 42.9 Å². The summed E-state index contributed by atoms with van der Waals surface area (Å²) in [6, 6.07) is 6.12. The van der Waals surface area contributed by atoms with Gasteiger partial charge in [-0.15, -0.1) is 0 Å². The van der Waals surface area contributed by atoms with Crippen LogP contribution in [0, 0.1) is 0 Å². The quantitative estimate of drug-likeness (QED) is 0.799. The van der Waals surface area contributed by atoms with Crippen LogP contribution in [-0.2, 0) is 6.54 Å². The smallest absolute Gasteiger partial charge is 0.0371 e. The maximum atomic E-state index is 5.97. The second kappa shape index (κ2) is 4.96. The largest absolute Gasteiger partial charge is 0.398 e. The highest BCUT2D eigenvalue weighted by molar-refractivity contribution is 9.10. The van der Waals surface area contributed by atoms with E-state index >= 15 is 0 Å². The van der Waals surface area contributed by atoms with Crippen molar-refractivity contribution in [3.63, 3.8) is 0 Å². The summed E-state index contributed by atoms with van der Waals surface area (Å²) in [6.45, 7) is 5.33. The van der Waals surface area contributed by atoms with Crippen LogP contribution in [0.3, 0.4) is 0 Å². The summed E-state index contributed by atoms with van der Waals surface area (Å²) < 4.78 is 1.05. The monoisotopic (exact) mass is 269 g/mol. The van der Waals surface area contributed by atoms with Gasteiger partial charge in [-0.1, -0.05) is 22.0 Å². The zero-order valence-corrected chi connectivity index (χ0v) is 10.3. The lowest BCUT2D eigenvalue weighted by Crippen LogP contribution is -2.42. The summed E-state index contributed by atoms with van der Waals surface area (Å²) in [5, 5.41) is 3.34. The number of nitrogen functional groups attached to an aromatic ring is 1. The Bertz CT molecular complexity index is 335. The fraction of sp³-hybridized carbons (Fsp3) is 0.455. The molecule has 15 heavy (non-hydrogen) atoms. The molecule has 0 spiro atoms. The second-order valence-electron chi connectivity index (χ2n) is 3.87. The Balaban J connectivity index is 2.03. The van der Waals surface area contributed by atoms with E-state index < -0.39 is 0 Å². The molecule has 0 radical (unpaired) electrons. The van der Waals surface area contributed by atoms with Crippen molar-refractivity contribution < 1.29 is 0 Å².